The number of nitrogens with zero attached hydrogens (tertiary/aromatic N) is 1. The van der Waals surface area contributed by atoms with Crippen molar-refractivity contribution >= 4 is 29.4 Å². The second-order valence-electron chi connectivity index (χ2n) is 5.58. The number of carbonyl (C=O) groups is 2. The van der Waals surface area contributed by atoms with E-state index in [1.807, 2.05) is 6.07 Å². The van der Waals surface area contributed by atoms with Crippen molar-refractivity contribution in [3.8, 4) is 11.5 Å². The van der Waals surface area contributed by atoms with Crippen LogP contribution >= 0.6 is 11.8 Å². The third kappa shape index (κ3) is 6.03. The van der Waals surface area contributed by atoms with Crippen molar-refractivity contribution < 1.29 is 24.5 Å². The van der Waals surface area contributed by atoms with Gasteiger partial charge in [0, 0.05) is 22.6 Å². The summed E-state index contributed by atoms with van der Waals surface area (Å²) in [4.78, 5) is 22.6. The van der Waals surface area contributed by atoms with Gasteiger partial charge in [-0.05, 0) is 55.0 Å². The number of amides is 1. The molecule has 0 atom stereocenters. The quantitative estimate of drug-likeness (QED) is 0.525. The molecule has 0 aliphatic carbocycles. The molecule has 0 saturated carbocycles. The number of phenolic OH excluding ortho intramolecular Hbond substituents is 1. The first kappa shape index (κ1) is 20.3. The van der Waals surface area contributed by atoms with Crippen molar-refractivity contribution in [2.75, 3.05) is 12.9 Å². The lowest BCUT2D eigenvalue weighted by atomic mass is 10.1. The minimum atomic E-state index is -1.12. The number of hydrogen-bond acceptors (Lipinski definition) is 7. The fourth-order valence-corrected chi connectivity index (χ4v) is 2.95. The number of carboxylic acid groups (broad SMARTS) is 1. The zero-order valence-electron chi connectivity index (χ0n) is 14.9. The first-order valence-corrected chi connectivity index (χ1v) is 9.14. The molecular formula is C19H19N2O5S-. The normalized spacial score (nSPS) is 11.1. The van der Waals surface area contributed by atoms with Crippen LogP contribution in [0.5, 0.6) is 11.5 Å². The van der Waals surface area contributed by atoms with Gasteiger partial charge in [0.15, 0.2) is 0 Å². The number of carbonyl (C=O) groups excluding carboxylic acids is 2. The molecule has 2 aromatic carbocycles. The van der Waals surface area contributed by atoms with Crippen LogP contribution in [0.4, 0.5) is 0 Å². The molecule has 2 aromatic rings. The van der Waals surface area contributed by atoms with Crippen molar-refractivity contribution in [1.29, 1.82) is 0 Å². The predicted octanol–water partition coefficient (Wildman–Crippen LogP) is 1.54. The van der Waals surface area contributed by atoms with Crippen molar-refractivity contribution in [2.45, 2.75) is 12.7 Å². The summed E-state index contributed by atoms with van der Waals surface area (Å²) < 4.78 is 5.30. The maximum Gasteiger partial charge on any atom is 0.271 e. The lowest BCUT2D eigenvalue weighted by Gasteiger charge is -2.11. The van der Waals surface area contributed by atoms with Crippen LogP contribution in [0.15, 0.2) is 47.6 Å². The first-order chi connectivity index (χ1) is 12.9. The molecule has 1 amide bonds. The first-order valence-electron chi connectivity index (χ1n) is 7.99. The van der Waals surface area contributed by atoms with Gasteiger partial charge in [0.1, 0.15) is 11.5 Å². The van der Waals surface area contributed by atoms with Gasteiger partial charge in [-0.3, -0.25) is 4.79 Å². The highest BCUT2D eigenvalue weighted by Crippen LogP contribution is 2.24. The highest BCUT2D eigenvalue weighted by Gasteiger charge is 2.08. The van der Waals surface area contributed by atoms with Crippen LogP contribution in [0, 0.1) is 0 Å². The van der Waals surface area contributed by atoms with E-state index in [1.165, 1.54) is 36.0 Å². The highest BCUT2D eigenvalue weighted by molar-refractivity contribution is 7.99. The number of hydrogen-bond donors (Lipinski definition) is 2. The second kappa shape index (κ2) is 9.63. The molecule has 0 radical (unpaired) electrons. The predicted molar refractivity (Wildman–Crippen MR) is 102 cm³/mol. The standard InChI is InChI=1S/C19H20N2O5S/c1-12(20-21-19(25)13-3-6-16(22)7-4-13)14-5-8-17(26-2)15(9-14)10-27-11-18(23)24/h3-9,22H,10-11H2,1-2H3,(H,21,25)(H,23,24)/p-1/b20-12-. The van der Waals surface area contributed by atoms with Gasteiger partial charge in [0.25, 0.3) is 5.91 Å². The molecule has 2 rings (SSSR count). The molecule has 0 saturated heterocycles. The number of phenols is 1. The molecule has 8 heteroatoms. The highest BCUT2D eigenvalue weighted by atomic mass is 32.2. The second-order valence-corrected chi connectivity index (χ2v) is 6.56. The number of thioether (sulfide) groups is 1. The summed E-state index contributed by atoms with van der Waals surface area (Å²) in [6.07, 6.45) is 0. The molecule has 0 heterocycles. The molecule has 0 aliphatic rings. The van der Waals surface area contributed by atoms with E-state index in [4.69, 9.17) is 4.74 Å². The van der Waals surface area contributed by atoms with Gasteiger partial charge in [-0.25, -0.2) is 5.43 Å². The van der Waals surface area contributed by atoms with E-state index in [0.29, 0.717) is 22.8 Å². The third-order valence-corrected chi connectivity index (χ3v) is 4.59. The number of methoxy groups -OCH3 is 1. The number of nitrogens with one attached hydrogen (secondary N) is 1. The molecule has 0 aromatic heterocycles. The molecule has 27 heavy (non-hydrogen) atoms. The van der Waals surface area contributed by atoms with E-state index >= 15 is 0 Å². The fraction of sp³-hybridized carbons (Fsp3) is 0.211. The summed E-state index contributed by atoms with van der Waals surface area (Å²) >= 11 is 1.21. The maximum absolute atomic E-state index is 12.1. The molecule has 0 aliphatic heterocycles. The Morgan fingerprint density at radius 1 is 1.19 bits per heavy atom. The molecular weight excluding hydrogens is 368 g/mol. The number of rotatable bonds is 8. The molecule has 142 valence electrons. The van der Waals surface area contributed by atoms with Gasteiger partial charge in [-0.2, -0.15) is 16.9 Å². The average molecular weight is 387 g/mol. The summed E-state index contributed by atoms with van der Waals surface area (Å²) in [5.41, 5.74) is 5.01. The van der Waals surface area contributed by atoms with E-state index in [2.05, 4.69) is 10.5 Å². The van der Waals surface area contributed by atoms with Crippen LogP contribution < -0.4 is 15.3 Å². The van der Waals surface area contributed by atoms with E-state index in [1.54, 1.807) is 26.2 Å². The van der Waals surface area contributed by atoms with Crippen LogP contribution in [-0.4, -0.2) is 35.6 Å². The zero-order valence-corrected chi connectivity index (χ0v) is 15.7. The van der Waals surface area contributed by atoms with Crippen LogP contribution in [-0.2, 0) is 10.5 Å². The Morgan fingerprint density at radius 2 is 1.85 bits per heavy atom. The van der Waals surface area contributed by atoms with Crippen LogP contribution in [0.2, 0.25) is 0 Å². The van der Waals surface area contributed by atoms with Crippen molar-refractivity contribution in [1.82, 2.24) is 5.43 Å². The smallest absolute Gasteiger partial charge is 0.271 e. The maximum atomic E-state index is 12.1. The largest absolute Gasteiger partial charge is 0.549 e. The van der Waals surface area contributed by atoms with Gasteiger partial charge >= 0.3 is 0 Å². The number of aliphatic carboxylic acids is 1. The molecule has 0 fully saturated rings. The van der Waals surface area contributed by atoms with Gasteiger partial charge in [0.05, 0.1) is 18.8 Å². The topological polar surface area (TPSA) is 111 Å². The van der Waals surface area contributed by atoms with E-state index in [9.17, 15) is 19.8 Å². The Morgan fingerprint density at radius 3 is 2.48 bits per heavy atom. The lowest BCUT2D eigenvalue weighted by molar-refractivity contribution is -0.301. The Kier molecular flexibility index (Phi) is 7.25. The molecule has 0 unspecified atom stereocenters. The SMILES string of the molecule is COc1ccc(/C(C)=N\NC(=O)c2ccc(O)cc2)cc1CSCC(=O)[O-]. The van der Waals surface area contributed by atoms with Crippen molar-refractivity contribution in [3.05, 3.63) is 59.2 Å². The number of hydrazone groups is 1. The van der Waals surface area contributed by atoms with Gasteiger partial charge in [-0.1, -0.05) is 0 Å². The number of ether oxygens (including phenoxy) is 1. The van der Waals surface area contributed by atoms with Crippen LogP contribution in [0.1, 0.15) is 28.4 Å². The number of benzene rings is 2. The minimum Gasteiger partial charge on any atom is -0.549 e. The summed E-state index contributed by atoms with van der Waals surface area (Å²) in [5, 5.41) is 23.9. The number of aromatic hydroxyl groups is 1. The van der Waals surface area contributed by atoms with Crippen LogP contribution in [0.3, 0.4) is 0 Å². The minimum absolute atomic E-state index is 0.0774. The third-order valence-electron chi connectivity index (χ3n) is 3.63. The fourth-order valence-electron chi connectivity index (χ4n) is 2.24. The average Bonchev–Trinajstić information content (AvgIpc) is 2.66. The van der Waals surface area contributed by atoms with Gasteiger partial charge < -0.3 is 19.7 Å². The van der Waals surface area contributed by atoms with E-state index in [-0.39, 0.29) is 11.5 Å². The van der Waals surface area contributed by atoms with E-state index in [0.717, 1.165) is 11.1 Å². The summed E-state index contributed by atoms with van der Waals surface area (Å²) in [5.74, 6) is -0.460. The monoisotopic (exact) mass is 387 g/mol. The molecule has 2 N–H and O–H groups in total. The van der Waals surface area contributed by atoms with Crippen molar-refractivity contribution in [3.63, 3.8) is 0 Å². The Balaban J connectivity index is 2.10. The van der Waals surface area contributed by atoms with Crippen LogP contribution in [0.25, 0.3) is 0 Å². The lowest BCUT2D eigenvalue weighted by Crippen LogP contribution is -2.24. The number of carboxylic acids is 1. The Hall–Kier alpha value is -3.00. The molecule has 7 nitrogen and oxygen atoms in total. The molecule has 0 spiro atoms. The summed E-state index contributed by atoms with van der Waals surface area (Å²) in [7, 11) is 1.54. The summed E-state index contributed by atoms with van der Waals surface area (Å²) in [6, 6.07) is 11.2. The molecule has 0 bridgehead atoms. The van der Waals surface area contributed by atoms with E-state index < -0.39 is 11.9 Å². The Bertz CT molecular complexity index is 850. The van der Waals surface area contributed by atoms with Gasteiger partial charge in [0.2, 0.25) is 0 Å². The Labute approximate surface area is 161 Å². The zero-order chi connectivity index (χ0) is 19.8. The van der Waals surface area contributed by atoms with Crippen molar-refractivity contribution in [2.24, 2.45) is 5.10 Å². The summed E-state index contributed by atoms with van der Waals surface area (Å²) in [6.45, 7) is 1.75. The van der Waals surface area contributed by atoms with Gasteiger partial charge in [-0.15, -0.1) is 0 Å².